The number of nitro benzene ring substituents is 1. The maximum Gasteiger partial charge on any atom is 0.293 e. The maximum absolute atomic E-state index is 13.2. The molecule has 0 radical (unpaired) electrons. The molecule has 0 fully saturated rings. The van der Waals surface area contributed by atoms with Gasteiger partial charge in [0, 0.05) is 22.6 Å². The Morgan fingerprint density at radius 1 is 1.09 bits per heavy atom. The maximum atomic E-state index is 13.2. The minimum atomic E-state index is -0.542. The van der Waals surface area contributed by atoms with Gasteiger partial charge in [-0.1, -0.05) is 36.4 Å². The third kappa shape index (κ3) is 4.18. The highest BCUT2D eigenvalue weighted by Gasteiger charge is 2.24. The van der Waals surface area contributed by atoms with E-state index in [0.717, 1.165) is 5.56 Å². The monoisotopic (exact) mass is 458 g/mol. The third-order valence-corrected chi connectivity index (χ3v) is 5.32. The van der Waals surface area contributed by atoms with Crippen molar-refractivity contribution in [2.45, 2.75) is 6.92 Å². The molecule has 9 heteroatoms. The molecule has 0 aliphatic heterocycles. The van der Waals surface area contributed by atoms with Gasteiger partial charge in [-0.25, -0.2) is 5.43 Å². The van der Waals surface area contributed by atoms with Crippen LogP contribution in [0, 0.1) is 17.0 Å². The van der Waals surface area contributed by atoms with Crippen LogP contribution in [0.4, 0.5) is 5.69 Å². The molecule has 0 saturated heterocycles. The highest BCUT2D eigenvalue weighted by Crippen LogP contribution is 2.37. The van der Waals surface area contributed by atoms with Crippen molar-refractivity contribution in [3.8, 4) is 22.6 Å². The lowest BCUT2D eigenvalue weighted by molar-refractivity contribution is -0.383. The van der Waals surface area contributed by atoms with Crippen molar-refractivity contribution >= 4 is 28.7 Å². The van der Waals surface area contributed by atoms with E-state index in [1.54, 1.807) is 25.1 Å². The van der Waals surface area contributed by atoms with E-state index in [-0.39, 0.29) is 16.9 Å². The predicted molar refractivity (Wildman–Crippen MR) is 130 cm³/mol. The number of nitro groups is 1. The molecule has 0 unspecified atom stereocenters. The molecule has 0 spiro atoms. The molecule has 34 heavy (non-hydrogen) atoms. The van der Waals surface area contributed by atoms with Gasteiger partial charge in [-0.15, -0.1) is 0 Å². The first kappa shape index (κ1) is 22.5. The number of H-pyrrole nitrogens is 1. The Balaban J connectivity index is 1.77. The highest BCUT2D eigenvalue weighted by atomic mass is 16.6. The zero-order chi connectivity index (χ0) is 24.2. The van der Waals surface area contributed by atoms with Gasteiger partial charge in [0.25, 0.3) is 11.6 Å². The number of nitrogens with one attached hydrogen (secondary N) is 2. The predicted octanol–water partition coefficient (Wildman–Crippen LogP) is 4.83. The molecule has 4 rings (SSSR count). The molecule has 0 bridgehead atoms. The van der Waals surface area contributed by atoms with Crippen LogP contribution in [0.25, 0.3) is 22.0 Å². The van der Waals surface area contributed by atoms with Gasteiger partial charge in [0.05, 0.1) is 25.4 Å². The molecule has 2 N–H and O–H groups in total. The zero-order valence-corrected chi connectivity index (χ0v) is 18.8. The number of aromatic amines is 1. The van der Waals surface area contributed by atoms with Gasteiger partial charge in [-0.3, -0.25) is 14.9 Å². The summed E-state index contributed by atoms with van der Waals surface area (Å²) in [6.07, 6.45) is 1.44. The molecule has 1 heterocycles. The average Bonchev–Trinajstić information content (AvgIpc) is 3.22. The van der Waals surface area contributed by atoms with Crippen LogP contribution in [0.3, 0.4) is 0 Å². The standard InChI is InChI=1S/C25H22N4O5/c1-15-12-18-21(16-8-5-4-6-9-16)23(27-22(18)19(13-15)29(31)32)25(30)28-26-14-17-10-7-11-20(33-2)24(17)34-3/h4-14,27H,1-3H3,(H,28,30). The van der Waals surface area contributed by atoms with Crippen molar-refractivity contribution < 1.29 is 19.2 Å². The number of hydrogen-bond acceptors (Lipinski definition) is 6. The highest BCUT2D eigenvalue weighted by molar-refractivity contribution is 6.11. The Bertz CT molecular complexity index is 1410. The van der Waals surface area contributed by atoms with Crippen molar-refractivity contribution in [3.63, 3.8) is 0 Å². The second kappa shape index (κ2) is 9.45. The van der Waals surface area contributed by atoms with E-state index in [0.29, 0.717) is 33.6 Å². The number of carbonyl (C=O) groups excluding carboxylic acids is 1. The van der Waals surface area contributed by atoms with Gasteiger partial charge in [-0.05, 0) is 36.2 Å². The van der Waals surface area contributed by atoms with Crippen LogP contribution >= 0.6 is 0 Å². The fourth-order valence-corrected chi connectivity index (χ4v) is 3.87. The van der Waals surface area contributed by atoms with Gasteiger partial charge in [0.2, 0.25) is 0 Å². The summed E-state index contributed by atoms with van der Waals surface area (Å²) in [5, 5.41) is 16.3. The number of non-ortho nitro benzene ring substituents is 1. The third-order valence-electron chi connectivity index (χ3n) is 5.32. The normalized spacial score (nSPS) is 11.0. The van der Waals surface area contributed by atoms with Crippen LogP contribution in [-0.4, -0.2) is 36.2 Å². The fraction of sp³-hybridized carbons (Fsp3) is 0.120. The molecule has 172 valence electrons. The number of carbonyl (C=O) groups is 1. The lowest BCUT2D eigenvalue weighted by Crippen LogP contribution is -2.19. The molecule has 0 aliphatic carbocycles. The molecule has 4 aromatic rings. The number of rotatable bonds is 7. The number of benzene rings is 3. The number of para-hydroxylation sites is 1. The van der Waals surface area contributed by atoms with E-state index in [9.17, 15) is 14.9 Å². The largest absolute Gasteiger partial charge is 0.493 e. The number of fused-ring (bicyclic) bond motifs is 1. The molecule has 1 amide bonds. The molecule has 0 saturated carbocycles. The smallest absolute Gasteiger partial charge is 0.293 e. The number of hydrogen-bond donors (Lipinski definition) is 2. The number of hydrazone groups is 1. The van der Waals surface area contributed by atoms with E-state index in [1.807, 2.05) is 36.4 Å². The first-order valence-corrected chi connectivity index (χ1v) is 10.3. The van der Waals surface area contributed by atoms with E-state index < -0.39 is 10.8 Å². The minimum Gasteiger partial charge on any atom is -0.493 e. The minimum absolute atomic E-state index is 0.101. The summed E-state index contributed by atoms with van der Waals surface area (Å²) in [5.41, 5.74) is 5.48. The lowest BCUT2D eigenvalue weighted by atomic mass is 10.00. The molecule has 0 aliphatic rings. The Morgan fingerprint density at radius 3 is 2.53 bits per heavy atom. The van der Waals surface area contributed by atoms with Crippen molar-refractivity contribution in [2.24, 2.45) is 5.10 Å². The Morgan fingerprint density at radius 2 is 1.85 bits per heavy atom. The summed E-state index contributed by atoms with van der Waals surface area (Å²) in [5.74, 6) is 0.465. The second-order valence-electron chi connectivity index (χ2n) is 7.49. The first-order valence-electron chi connectivity index (χ1n) is 10.3. The van der Waals surface area contributed by atoms with E-state index in [1.165, 1.54) is 26.5 Å². The molecule has 1 aromatic heterocycles. The zero-order valence-electron chi connectivity index (χ0n) is 18.8. The number of aromatic nitrogens is 1. The second-order valence-corrected chi connectivity index (χ2v) is 7.49. The van der Waals surface area contributed by atoms with E-state index >= 15 is 0 Å². The van der Waals surface area contributed by atoms with Gasteiger partial charge in [0.15, 0.2) is 11.5 Å². The van der Waals surface area contributed by atoms with Crippen molar-refractivity contribution in [3.05, 3.63) is 87.6 Å². The molecule has 9 nitrogen and oxygen atoms in total. The molecular formula is C25H22N4O5. The van der Waals surface area contributed by atoms with Crippen LogP contribution in [0.5, 0.6) is 11.5 Å². The van der Waals surface area contributed by atoms with E-state index in [4.69, 9.17) is 9.47 Å². The Kier molecular flexibility index (Phi) is 6.26. The summed E-state index contributed by atoms with van der Waals surface area (Å²) < 4.78 is 10.7. The van der Waals surface area contributed by atoms with Crippen molar-refractivity contribution in [2.75, 3.05) is 14.2 Å². The average molecular weight is 458 g/mol. The fourth-order valence-electron chi connectivity index (χ4n) is 3.87. The number of amides is 1. The first-order chi connectivity index (χ1) is 16.4. The van der Waals surface area contributed by atoms with Crippen LogP contribution in [0.1, 0.15) is 21.6 Å². The SMILES string of the molecule is COc1cccc(C=NNC(=O)c2[nH]c3c([N+](=O)[O-])cc(C)cc3c2-c2ccccc2)c1OC. The quantitative estimate of drug-likeness (QED) is 0.233. The summed E-state index contributed by atoms with van der Waals surface area (Å²) in [6, 6.07) is 17.8. The van der Waals surface area contributed by atoms with Gasteiger partial charge >= 0.3 is 0 Å². The Labute approximate surface area is 195 Å². The summed E-state index contributed by atoms with van der Waals surface area (Å²) in [4.78, 5) is 27.3. The number of aryl methyl sites for hydroxylation is 1. The topological polar surface area (TPSA) is 119 Å². The summed E-state index contributed by atoms with van der Waals surface area (Å²) in [6.45, 7) is 1.78. The molecule has 3 aromatic carbocycles. The van der Waals surface area contributed by atoms with E-state index in [2.05, 4.69) is 15.5 Å². The van der Waals surface area contributed by atoms with Crippen molar-refractivity contribution in [1.82, 2.24) is 10.4 Å². The van der Waals surface area contributed by atoms with Gasteiger partial charge in [0.1, 0.15) is 11.2 Å². The van der Waals surface area contributed by atoms with Crippen molar-refractivity contribution in [1.29, 1.82) is 0 Å². The van der Waals surface area contributed by atoms with Crippen LogP contribution in [-0.2, 0) is 0 Å². The summed E-state index contributed by atoms with van der Waals surface area (Å²) >= 11 is 0. The number of nitrogens with zero attached hydrogens (tertiary/aromatic N) is 2. The van der Waals surface area contributed by atoms with Crippen LogP contribution in [0.15, 0.2) is 65.8 Å². The molecule has 0 atom stereocenters. The molecular weight excluding hydrogens is 436 g/mol. The Hall–Kier alpha value is -4.66. The summed E-state index contributed by atoms with van der Waals surface area (Å²) in [7, 11) is 3.04. The van der Waals surface area contributed by atoms with Crippen LogP contribution < -0.4 is 14.9 Å². The number of methoxy groups -OCH3 is 2. The van der Waals surface area contributed by atoms with Gasteiger partial charge in [-0.2, -0.15) is 5.10 Å². The van der Waals surface area contributed by atoms with Gasteiger partial charge < -0.3 is 14.5 Å². The van der Waals surface area contributed by atoms with Crippen LogP contribution in [0.2, 0.25) is 0 Å². The number of ether oxygens (including phenoxy) is 2. The lowest BCUT2D eigenvalue weighted by Gasteiger charge is -2.09.